The Morgan fingerprint density at radius 3 is 2.65 bits per heavy atom. The largest absolute Gasteiger partial charge is 0.495 e. The average molecular weight is 245 g/mol. The molecule has 0 spiro atoms. The number of hydrogen-bond donors (Lipinski definition) is 0. The number of methoxy groups -OCH3 is 1. The third-order valence-corrected chi connectivity index (χ3v) is 2.13. The van der Waals surface area contributed by atoms with E-state index in [2.05, 4.69) is 4.98 Å². The monoisotopic (exact) mass is 245 g/mol. The number of aromatic nitrogens is 1. The number of carbonyl (C=O) groups is 1. The van der Waals surface area contributed by atoms with Gasteiger partial charge in [0.05, 0.1) is 13.7 Å². The van der Waals surface area contributed by atoms with Gasteiger partial charge in [0, 0.05) is 11.8 Å². The second-order valence-corrected chi connectivity index (χ2v) is 3.26. The Bertz CT molecular complexity index is 421. The molecule has 0 unspecified atom stereocenters. The highest BCUT2D eigenvalue weighted by atomic mass is 19.3. The maximum Gasteiger partial charge on any atom is 0.344 e. The van der Waals surface area contributed by atoms with Crippen LogP contribution in [0.25, 0.3) is 0 Å². The van der Waals surface area contributed by atoms with Gasteiger partial charge in [-0.15, -0.1) is 0 Å². The molecule has 0 saturated heterocycles. The Morgan fingerprint density at radius 1 is 1.53 bits per heavy atom. The molecule has 4 nitrogen and oxygen atoms in total. The zero-order valence-electron chi connectivity index (χ0n) is 9.79. The predicted molar refractivity (Wildman–Crippen MR) is 56.4 cm³/mol. The van der Waals surface area contributed by atoms with Gasteiger partial charge < -0.3 is 9.47 Å². The van der Waals surface area contributed by atoms with E-state index >= 15 is 0 Å². The van der Waals surface area contributed by atoms with Crippen LogP contribution in [-0.4, -0.2) is 24.7 Å². The zero-order chi connectivity index (χ0) is 13.0. The molecule has 0 amide bonds. The van der Waals surface area contributed by atoms with Crippen LogP contribution in [0.4, 0.5) is 8.78 Å². The Hall–Kier alpha value is -1.72. The van der Waals surface area contributed by atoms with Crippen LogP contribution < -0.4 is 4.74 Å². The molecule has 1 rings (SSSR count). The fourth-order valence-electron chi connectivity index (χ4n) is 1.43. The summed E-state index contributed by atoms with van der Waals surface area (Å²) in [6.45, 7) is 3.30. The maximum absolute atomic E-state index is 12.8. The van der Waals surface area contributed by atoms with Gasteiger partial charge in [0.2, 0.25) is 0 Å². The number of carbonyl (C=O) groups excluding carboxylic acids is 1. The van der Waals surface area contributed by atoms with Crippen LogP contribution in [0.1, 0.15) is 35.0 Å². The van der Waals surface area contributed by atoms with Crippen molar-refractivity contribution in [2.45, 2.75) is 20.3 Å². The third kappa shape index (κ3) is 2.69. The molecule has 0 aromatic carbocycles. The maximum atomic E-state index is 12.8. The normalized spacial score (nSPS) is 10.5. The van der Waals surface area contributed by atoms with Crippen molar-refractivity contribution < 1.29 is 23.0 Å². The van der Waals surface area contributed by atoms with Gasteiger partial charge in [0.25, 0.3) is 6.43 Å². The Morgan fingerprint density at radius 2 is 2.18 bits per heavy atom. The van der Waals surface area contributed by atoms with Crippen molar-refractivity contribution in [3.8, 4) is 5.75 Å². The van der Waals surface area contributed by atoms with Crippen LogP contribution in [0.5, 0.6) is 5.75 Å². The standard InChI is InChI=1S/C11H13F2NO3/c1-4-17-11(15)7-8(10(12)13)14-5-6(2)9(7)16-3/h5,10H,4H2,1-3H3. The molecule has 0 aliphatic rings. The van der Waals surface area contributed by atoms with Gasteiger partial charge >= 0.3 is 5.97 Å². The number of nitrogens with zero attached hydrogens (tertiary/aromatic N) is 1. The van der Waals surface area contributed by atoms with E-state index < -0.39 is 18.1 Å². The van der Waals surface area contributed by atoms with Crippen LogP contribution in [0.3, 0.4) is 0 Å². The van der Waals surface area contributed by atoms with E-state index in [-0.39, 0.29) is 17.9 Å². The molecule has 0 bridgehead atoms. The minimum absolute atomic E-state index is 0.0775. The van der Waals surface area contributed by atoms with Crippen molar-refractivity contribution in [2.24, 2.45) is 0 Å². The van der Waals surface area contributed by atoms with E-state index in [0.717, 1.165) is 0 Å². The van der Waals surface area contributed by atoms with Crippen molar-refractivity contribution in [2.75, 3.05) is 13.7 Å². The van der Waals surface area contributed by atoms with Gasteiger partial charge in [0.15, 0.2) is 0 Å². The fraction of sp³-hybridized carbons (Fsp3) is 0.455. The van der Waals surface area contributed by atoms with Crippen LogP contribution in [0.2, 0.25) is 0 Å². The van der Waals surface area contributed by atoms with E-state index in [0.29, 0.717) is 5.56 Å². The molecule has 0 fully saturated rings. The highest BCUT2D eigenvalue weighted by Crippen LogP contribution is 2.31. The first-order valence-electron chi connectivity index (χ1n) is 5.01. The lowest BCUT2D eigenvalue weighted by atomic mass is 10.1. The van der Waals surface area contributed by atoms with Crippen molar-refractivity contribution in [3.05, 3.63) is 23.0 Å². The summed E-state index contributed by atoms with van der Waals surface area (Å²) in [6.07, 6.45) is -1.62. The van der Waals surface area contributed by atoms with Gasteiger partial charge in [-0.3, -0.25) is 4.98 Å². The lowest BCUT2D eigenvalue weighted by molar-refractivity contribution is 0.0509. The lowest BCUT2D eigenvalue weighted by Crippen LogP contribution is -2.13. The summed E-state index contributed by atoms with van der Waals surface area (Å²) in [5, 5.41) is 0. The van der Waals surface area contributed by atoms with E-state index in [1.165, 1.54) is 13.3 Å². The summed E-state index contributed by atoms with van der Waals surface area (Å²) in [6, 6.07) is 0. The minimum Gasteiger partial charge on any atom is -0.495 e. The number of rotatable bonds is 4. The molecule has 0 N–H and O–H groups in total. The van der Waals surface area contributed by atoms with Crippen LogP contribution >= 0.6 is 0 Å². The second kappa shape index (κ2) is 5.56. The van der Waals surface area contributed by atoms with E-state index in [1.807, 2.05) is 0 Å². The lowest BCUT2D eigenvalue weighted by Gasteiger charge is -2.13. The number of hydrogen-bond acceptors (Lipinski definition) is 4. The number of halogens is 2. The van der Waals surface area contributed by atoms with Crippen molar-refractivity contribution in [1.29, 1.82) is 0 Å². The fourth-order valence-corrected chi connectivity index (χ4v) is 1.43. The number of alkyl halides is 2. The molecule has 1 heterocycles. The second-order valence-electron chi connectivity index (χ2n) is 3.26. The molecule has 94 valence electrons. The first-order chi connectivity index (χ1) is 8.02. The number of ether oxygens (including phenoxy) is 2. The number of pyridine rings is 1. The van der Waals surface area contributed by atoms with Crippen molar-refractivity contribution in [3.63, 3.8) is 0 Å². The Kier molecular flexibility index (Phi) is 4.37. The molecule has 0 atom stereocenters. The van der Waals surface area contributed by atoms with Gasteiger partial charge in [-0.1, -0.05) is 0 Å². The first-order valence-corrected chi connectivity index (χ1v) is 5.01. The molecule has 6 heteroatoms. The Labute approximate surface area is 97.6 Å². The highest BCUT2D eigenvalue weighted by Gasteiger charge is 2.26. The summed E-state index contributed by atoms with van der Waals surface area (Å²) < 4.78 is 35.2. The van der Waals surface area contributed by atoms with Gasteiger partial charge in [-0.25, -0.2) is 13.6 Å². The highest BCUT2D eigenvalue weighted by molar-refractivity contribution is 5.94. The summed E-state index contributed by atoms with van der Waals surface area (Å²) in [5.74, 6) is -0.774. The van der Waals surface area contributed by atoms with Gasteiger partial charge in [-0.2, -0.15) is 0 Å². The molecule has 0 aliphatic carbocycles. The molecule has 0 saturated carbocycles. The van der Waals surface area contributed by atoms with Gasteiger partial charge in [-0.05, 0) is 13.8 Å². The molecule has 1 aromatic heterocycles. The molecule has 0 aliphatic heterocycles. The molecular formula is C11H13F2NO3. The summed E-state index contributed by atoms with van der Waals surface area (Å²) in [5.41, 5.74) is -0.421. The zero-order valence-corrected chi connectivity index (χ0v) is 9.79. The summed E-state index contributed by atoms with van der Waals surface area (Å²) in [7, 11) is 1.31. The molecule has 1 aromatic rings. The summed E-state index contributed by atoms with van der Waals surface area (Å²) in [4.78, 5) is 15.2. The van der Waals surface area contributed by atoms with Crippen molar-refractivity contribution in [1.82, 2.24) is 4.98 Å². The number of aryl methyl sites for hydroxylation is 1. The van der Waals surface area contributed by atoms with Crippen LogP contribution in [-0.2, 0) is 4.74 Å². The number of esters is 1. The molecule has 17 heavy (non-hydrogen) atoms. The minimum atomic E-state index is -2.86. The van der Waals surface area contributed by atoms with E-state index in [1.54, 1.807) is 13.8 Å². The molecular weight excluding hydrogens is 232 g/mol. The quantitative estimate of drug-likeness (QED) is 0.765. The molecule has 0 radical (unpaired) electrons. The van der Waals surface area contributed by atoms with Gasteiger partial charge in [0.1, 0.15) is 17.0 Å². The van der Waals surface area contributed by atoms with Crippen molar-refractivity contribution >= 4 is 5.97 Å². The summed E-state index contributed by atoms with van der Waals surface area (Å²) >= 11 is 0. The van der Waals surface area contributed by atoms with Crippen LogP contribution in [0, 0.1) is 6.92 Å². The third-order valence-electron chi connectivity index (χ3n) is 2.13. The Balaban J connectivity index is 3.38. The topological polar surface area (TPSA) is 48.4 Å². The predicted octanol–water partition coefficient (Wildman–Crippen LogP) is 2.51. The smallest absolute Gasteiger partial charge is 0.344 e. The average Bonchev–Trinajstić information content (AvgIpc) is 2.28. The SMILES string of the molecule is CCOC(=O)c1c(C(F)F)ncc(C)c1OC. The van der Waals surface area contributed by atoms with Crippen LogP contribution in [0.15, 0.2) is 6.20 Å². The van der Waals surface area contributed by atoms with E-state index in [9.17, 15) is 13.6 Å². The first kappa shape index (κ1) is 13.3. The van der Waals surface area contributed by atoms with E-state index in [4.69, 9.17) is 9.47 Å².